The zero-order chi connectivity index (χ0) is 18.5. The summed E-state index contributed by atoms with van der Waals surface area (Å²) in [6.45, 7) is 8.46. The molecule has 1 unspecified atom stereocenters. The van der Waals surface area contributed by atoms with Gasteiger partial charge in [0.15, 0.2) is 0 Å². The van der Waals surface area contributed by atoms with Gasteiger partial charge in [0, 0.05) is 6.54 Å². The third kappa shape index (κ3) is 8.49. The fourth-order valence-corrected chi connectivity index (χ4v) is 3.19. The largest absolute Gasteiger partial charge is 0.326 e. The molecule has 0 aliphatic heterocycles. The molecule has 1 atom stereocenters. The predicted octanol–water partition coefficient (Wildman–Crippen LogP) is 3.59. The maximum absolute atomic E-state index is 9.52. The lowest BCUT2D eigenvalue weighted by Crippen LogP contribution is -2.38. The van der Waals surface area contributed by atoms with Gasteiger partial charge in [-0.2, -0.15) is 5.26 Å². The summed E-state index contributed by atoms with van der Waals surface area (Å²) in [5.74, 6) is 0. The molecule has 0 heterocycles. The molecule has 0 saturated heterocycles. The number of nitrogens with two attached hydrogens (primary N) is 2. The smallest absolute Gasteiger partial charge is 0.104 e. The first-order valence-corrected chi connectivity index (χ1v) is 9.77. The zero-order valence-electron chi connectivity index (χ0n) is 16.1. The van der Waals surface area contributed by atoms with Gasteiger partial charge in [-0.25, -0.2) is 0 Å². The minimum absolute atomic E-state index is 0.562. The van der Waals surface area contributed by atoms with Crippen LogP contribution >= 0.6 is 0 Å². The Bertz CT molecular complexity index is 500. The van der Waals surface area contributed by atoms with Crippen molar-refractivity contribution in [3.63, 3.8) is 0 Å². The Labute approximate surface area is 154 Å². The molecule has 1 rings (SSSR count). The zero-order valence-corrected chi connectivity index (χ0v) is 16.1. The van der Waals surface area contributed by atoms with Crippen LogP contribution in [0.2, 0.25) is 0 Å². The highest BCUT2D eigenvalue weighted by Crippen LogP contribution is 2.19. The third-order valence-electron chi connectivity index (χ3n) is 4.77. The van der Waals surface area contributed by atoms with Crippen LogP contribution in [-0.4, -0.2) is 30.1 Å². The molecule has 140 valence electrons. The van der Waals surface area contributed by atoms with E-state index in [1.54, 1.807) is 0 Å². The molecule has 0 aromatic heterocycles. The topological polar surface area (TPSA) is 79.1 Å². The van der Waals surface area contributed by atoms with Gasteiger partial charge in [0.25, 0.3) is 0 Å². The van der Waals surface area contributed by atoms with Gasteiger partial charge in [-0.05, 0) is 75.7 Å². The summed E-state index contributed by atoms with van der Waals surface area (Å²) in [4.78, 5) is 2.52. The Morgan fingerprint density at radius 3 is 2.08 bits per heavy atom. The Balaban J connectivity index is 2.38. The van der Waals surface area contributed by atoms with Crippen molar-refractivity contribution >= 4 is 0 Å². The molecule has 0 spiro atoms. The molecule has 1 aromatic rings. The van der Waals surface area contributed by atoms with E-state index in [1.165, 1.54) is 31.5 Å². The van der Waals surface area contributed by atoms with Crippen LogP contribution in [-0.2, 0) is 13.0 Å². The molecule has 0 amide bonds. The van der Waals surface area contributed by atoms with E-state index < -0.39 is 5.54 Å². The third-order valence-corrected chi connectivity index (χ3v) is 4.77. The molecule has 4 heteroatoms. The Hall–Kier alpha value is -1.41. The summed E-state index contributed by atoms with van der Waals surface area (Å²) in [5, 5.41) is 9.52. The van der Waals surface area contributed by atoms with Crippen LogP contribution in [0.4, 0.5) is 0 Å². The van der Waals surface area contributed by atoms with Gasteiger partial charge in [0.1, 0.15) is 5.54 Å². The average molecular weight is 345 g/mol. The molecule has 0 fully saturated rings. The fourth-order valence-electron chi connectivity index (χ4n) is 3.19. The van der Waals surface area contributed by atoms with Gasteiger partial charge in [0.2, 0.25) is 0 Å². The van der Waals surface area contributed by atoms with Crippen LogP contribution in [0.25, 0.3) is 0 Å². The normalized spacial score (nSPS) is 13.6. The molecule has 0 aliphatic rings. The average Bonchev–Trinajstić information content (AvgIpc) is 2.64. The van der Waals surface area contributed by atoms with Crippen molar-refractivity contribution in [2.45, 2.75) is 70.9 Å². The highest BCUT2D eigenvalue weighted by molar-refractivity contribution is 5.23. The Morgan fingerprint density at radius 2 is 1.56 bits per heavy atom. The summed E-state index contributed by atoms with van der Waals surface area (Å²) < 4.78 is 0. The monoisotopic (exact) mass is 344 g/mol. The maximum atomic E-state index is 9.52. The van der Waals surface area contributed by atoms with E-state index in [9.17, 15) is 5.26 Å². The van der Waals surface area contributed by atoms with Crippen LogP contribution in [0.5, 0.6) is 0 Å². The second-order valence-corrected chi connectivity index (χ2v) is 7.09. The molecule has 0 bridgehead atoms. The predicted molar refractivity (Wildman–Crippen MR) is 106 cm³/mol. The number of nitriles is 1. The highest BCUT2D eigenvalue weighted by atomic mass is 15.1. The SMILES string of the molecule is CCCN(CCC)CCCCC(N)(C#N)CCc1ccc(CN)cc1. The summed E-state index contributed by atoms with van der Waals surface area (Å²) in [5.41, 5.74) is 13.6. The molecule has 1 aromatic carbocycles. The summed E-state index contributed by atoms with van der Waals surface area (Å²) >= 11 is 0. The van der Waals surface area contributed by atoms with Crippen LogP contribution in [0.15, 0.2) is 24.3 Å². The van der Waals surface area contributed by atoms with E-state index in [4.69, 9.17) is 11.5 Å². The number of hydrogen-bond donors (Lipinski definition) is 2. The van der Waals surface area contributed by atoms with E-state index in [-0.39, 0.29) is 0 Å². The van der Waals surface area contributed by atoms with Gasteiger partial charge < -0.3 is 16.4 Å². The van der Waals surface area contributed by atoms with E-state index in [0.29, 0.717) is 13.0 Å². The van der Waals surface area contributed by atoms with Crippen molar-refractivity contribution in [1.82, 2.24) is 4.90 Å². The van der Waals surface area contributed by atoms with Crippen LogP contribution in [0.1, 0.15) is 63.5 Å². The molecule has 0 aliphatic carbocycles. The summed E-state index contributed by atoms with van der Waals surface area (Å²) in [7, 11) is 0. The lowest BCUT2D eigenvalue weighted by atomic mass is 9.88. The van der Waals surface area contributed by atoms with Crippen LogP contribution in [0.3, 0.4) is 0 Å². The molecule has 0 saturated carbocycles. The first-order chi connectivity index (χ1) is 12.1. The van der Waals surface area contributed by atoms with Gasteiger partial charge in [0.05, 0.1) is 6.07 Å². The second kappa shape index (κ2) is 12.0. The Morgan fingerprint density at radius 1 is 0.960 bits per heavy atom. The van der Waals surface area contributed by atoms with E-state index >= 15 is 0 Å². The lowest BCUT2D eigenvalue weighted by molar-refractivity contribution is 0.264. The van der Waals surface area contributed by atoms with Crippen LogP contribution < -0.4 is 11.5 Å². The van der Waals surface area contributed by atoms with Crippen molar-refractivity contribution in [3.8, 4) is 6.07 Å². The molecular weight excluding hydrogens is 308 g/mol. The maximum Gasteiger partial charge on any atom is 0.104 e. The molecule has 4 nitrogen and oxygen atoms in total. The number of unbranched alkanes of at least 4 members (excludes halogenated alkanes) is 1. The van der Waals surface area contributed by atoms with E-state index in [1.807, 2.05) is 0 Å². The minimum Gasteiger partial charge on any atom is -0.326 e. The van der Waals surface area contributed by atoms with Gasteiger partial charge >= 0.3 is 0 Å². The van der Waals surface area contributed by atoms with E-state index in [2.05, 4.69) is 49.1 Å². The van der Waals surface area contributed by atoms with Crippen LogP contribution in [0, 0.1) is 11.3 Å². The summed E-state index contributed by atoms with van der Waals surface area (Å²) in [6, 6.07) is 10.6. The number of nitrogens with zero attached hydrogens (tertiary/aromatic N) is 2. The minimum atomic E-state index is -0.715. The molecule has 0 radical (unpaired) electrons. The van der Waals surface area contributed by atoms with E-state index in [0.717, 1.165) is 37.8 Å². The highest BCUT2D eigenvalue weighted by Gasteiger charge is 2.23. The van der Waals surface area contributed by atoms with Crippen molar-refractivity contribution in [3.05, 3.63) is 35.4 Å². The summed E-state index contributed by atoms with van der Waals surface area (Å²) in [6.07, 6.45) is 6.85. The first kappa shape index (κ1) is 21.6. The lowest BCUT2D eigenvalue weighted by Gasteiger charge is -2.24. The van der Waals surface area contributed by atoms with Gasteiger partial charge in [-0.3, -0.25) is 0 Å². The van der Waals surface area contributed by atoms with Crippen molar-refractivity contribution in [2.24, 2.45) is 11.5 Å². The quantitative estimate of drug-likeness (QED) is 0.536. The molecule has 4 N–H and O–H groups in total. The van der Waals surface area contributed by atoms with Gasteiger partial charge in [-0.15, -0.1) is 0 Å². The van der Waals surface area contributed by atoms with Crippen molar-refractivity contribution in [2.75, 3.05) is 19.6 Å². The number of aryl methyl sites for hydroxylation is 1. The Kier molecular flexibility index (Phi) is 10.4. The fraction of sp³-hybridized carbons (Fsp3) is 0.667. The second-order valence-electron chi connectivity index (χ2n) is 7.09. The van der Waals surface area contributed by atoms with Crippen molar-refractivity contribution < 1.29 is 0 Å². The van der Waals surface area contributed by atoms with Gasteiger partial charge in [-0.1, -0.05) is 38.1 Å². The standard InChI is InChI=1S/C21H36N4/c1-3-14-25(15-4-2)16-6-5-12-21(24,18-23)13-11-19-7-9-20(17-22)10-8-19/h7-10H,3-6,11-17,22,24H2,1-2H3. The number of rotatable bonds is 13. The first-order valence-electron chi connectivity index (χ1n) is 9.77. The number of hydrogen-bond acceptors (Lipinski definition) is 4. The van der Waals surface area contributed by atoms with Crippen molar-refractivity contribution in [1.29, 1.82) is 5.26 Å². The molecule has 25 heavy (non-hydrogen) atoms. The molecular formula is C21H36N4. The number of benzene rings is 1.